The number of likely N-dealkylation sites (N-methyl/N-ethyl adjacent to an activating group) is 1. The quantitative estimate of drug-likeness (QED) is 0.621. The van der Waals surface area contributed by atoms with Crippen LogP contribution >= 0.6 is 0 Å². The lowest BCUT2D eigenvalue weighted by Crippen LogP contribution is -2.38. The molecule has 0 aromatic carbocycles. The predicted molar refractivity (Wildman–Crippen MR) is 80.7 cm³/mol. The van der Waals surface area contributed by atoms with E-state index in [-0.39, 0.29) is 0 Å². The largest absolute Gasteiger partial charge is 0.352 e. The normalized spacial score (nSPS) is 22.6. The Kier molecular flexibility index (Phi) is 3.76. The minimum atomic E-state index is 0.539. The van der Waals surface area contributed by atoms with E-state index < -0.39 is 0 Å². The van der Waals surface area contributed by atoms with Crippen molar-refractivity contribution in [3.63, 3.8) is 0 Å². The molecule has 2 aliphatic rings. The van der Waals surface area contributed by atoms with Crippen molar-refractivity contribution in [1.29, 1.82) is 0 Å². The molecule has 0 amide bonds. The Bertz CT molecular complexity index is 471. The summed E-state index contributed by atoms with van der Waals surface area (Å²) in [6, 6.07) is 2.51. The molecule has 6 heteroatoms. The molecule has 2 heterocycles. The number of aromatic nitrogens is 2. The molecule has 3 N–H and O–H groups in total. The highest BCUT2D eigenvalue weighted by molar-refractivity contribution is 5.51. The Balaban J connectivity index is 1.85. The van der Waals surface area contributed by atoms with Crippen LogP contribution in [0.4, 0.5) is 11.6 Å². The Morgan fingerprint density at radius 2 is 2.15 bits per heavy atom. The molecule has 110 valence electrons. The monoisotopic (exact) mass is 276 g/mol. The maximum atomic E-state index is 5.56. The zero-order valence-electron chi connectivity index (χ0n) is 12.3. The smallest absolute Gasteiger partial charge is 0.145 e. The number of hydrogen-bond donors (Lipinski definition) is 2. The van der Waals surface area contributed by atoms with Gasteiger partial charge in [-0.2, -0.15) is 0 Å². The second kappa shape index (κ2) is 5.54. The Hall–Kier alpha value is -1.40. The van der Waals surface area contributed by atoms with E-state index >= 15 is 0 Å². The Labute approximate surface area is 120 Å². The van der Waals surface area contributed by atoms with E-state index in [1.807, 2.05) is 6.07 Å². The summed E-state index contributed by atoms with van der Waals surface area (Å²) in [7, 11) is 4.25. The molecule has 1 saturated carbocycles. The third-order valence-electron chi connectivity index (χ3n) is 4.07. The summed E-state index contributed by atoms with van der Waals surface area (Å²) >= 11 is 0. The highest BCUT2D eigenvalue weighted by Gasteiger charge is 2.30. The molecule has 3 rings (SSSR count). The SMILES string of the molecule is CN(C)CC1CCCN1c1cc(NN)nc(C2CC2)n1. The van der Waals surface area contributed by atoms with Crippen molar-refractivity contribution in [3.8, 4) is 0 Å². The summed E-state index contributed by atoms with van der Waals surface area (Å²) in [6.07, 6.45) is 4.86. The van der Waals surface area contributed by atoms with Crippen LogP contribution in [0.15, 0.2) is 6.07 Å². The number of nitrogens with zero attached hydrogens (tertiary/aromatic N) is 4. The molecule has 1 aromatic rings. The van der Waals surface area contributed by atoms with Gasteiger partial charge in [0, 0.05) is 31.1 Å². The van der Waals surface area contributed by atoms with Gasteiger partial charge in [-0.1, -0.05) is 0 Å². The zero-order chi connectivity index (χ0) is 14.1. The Morgan fingerprint density at radius 3 is 2.80 bits per heavy atom. The number of rotatable bonds is 5. The number of nitrogen functional groups attached to an aromatic ring is 1. The van der Waals surface area contributed by atoms with Crippen LogP contribution in [0.3, 0.4) is 0 Å². The average molecular weight is 276 g/mol. The molecule has 0 spiro atoms. The van der Waals surface area contributed by atoms with E-state index in [0.29, 0.717) is 12.0 Å². The van der Waals surface area contributed by atoms with Crippen molar-refractivity contribution < 1.29 is 0 Å². The number of hydrazine groups is 1. The first-order valence-electron chi connectivity index (χ1n) is 7.44. The molecule has 0 bridgehead atoms. The van der Waals surface area contributed by atoms with Gasteiger partial charge in [0.15, 0.2) is 0 Å². The maximum absolute atomic E-state index is 5.56. The average Bonchev–Trinajstić information content (AvgIpc) is 3.18. The zero-order valence-corrected chi connectivity index (χ0v) is 12.3. The van der Waals surface area contributed by atoms with E-state index in [0.717, 1.165) is 30.5 Å². The number of nitrogens with one attached hydrogen (secondary N) is 1. The Morgan fingerprint density at radius 1 is 1.35 bits per heavy atom. The summed E-state index contributed by atoms with van der Waals surface area (Å²) in [4.78, 5) is 13.9. The molecule has 1 aliphatic carbocycles. The molecular formula is C14H24N6. The van der Waals surface area contributed by atoms with E-state index in [4.69, 9.17) is 10.8 Å². The second-order valence-corrected chi connectivity index (χ2v) is 6.14. The fourth-order valence-electron chi connectivity index (χ4n) is 2.95. The molecule has 1 saturated heterocycles. The highest BCUT2D eigenvalue weighted by atomic mass is 15.3. The molecule has 2 fully saturated rings. The minimum Gasteiger partial charge on any atom is -0.352 e. The van der Waals surface area contributed by atoms with Gasteiger partial charge in [-0.3, -0.25) is 0 Å². The van der Waals surface area contributed by atoms with Gasteiger partial charge in [0.05, 0.1) is 0 Å². The van der Waals surface area contributed by atoms with Crippen molar-refractivity contribution in [1.82, 2.24) is 14.9 Å². The first-order valence-corrected chi connectivity index (χ1v) is 7.44. The summed E-state index contributed by atoms with van der Waals surface area (Å²) in [5, 5.41) is 0. The van der Waals surface area contributed by atoms with Crippen LogP contribution in [-0.2, 0) is 0 Å². The topological polar surface area (TPSA) is 70.3 Å². The third-order valence-corrected chi connectivity index (χ3v) is 4.07. The van der Waals surface area contributed by atoms with Gasteiger partial charge < -0.3 is 15.2 Å². The lowest BCUT2D eigenvalue weighted by Gasteiger charge is -2.28. The van der Waals surface area contributed by atoms with Crippen molar-refractivity contribution in [2.75, 3.05) is 37.5 Å². The van der Waals surface area contributed by atoms with Gasteiger partial charge in [-0.25, -0.2) is 15.8 Å². The molecule has 1 aromatic heterocycles. The van der Waals surface area contributed by atoms with Crippen LogP contribution in [0, 0.1) is 0 Å². The van der Waals surface area contributed by atoms with Gasteiger partial charge >= 0.3 is 0 Å². The predicted octanol–water partition coefficient (Wildman–Crippen LogP) is 1.17. The van der Waals surface area contributed by atoms with Gasteiger partial charge in [0.25, 0.3) is 0 Å². The van der Waals surface area contributed by atoms with E-state index in [1.54, 1.807) is 0 Å². The lowest BCUT2D eigenvalue weighted by atomic mass is 10.2. The molecule has 1 unspecified atom stereocenters. The van der Waals surface area contributed by atoms with Gasteiger partial charge in [-0.15, -0.1) is 0 Å². The maximum Gasteiger partial charge on any atom is 0.145 e. The molecular weight excluding hydrogens is 252 g/mol. The fourth-order valence-corrected chi connectivity index (χ4v) is 2.95. The summed E-state index contributed by atoms with van der Waals surface area (Å²) in [5.74, 6) is 8.80. The molecule has 6 nitrogen and oxygen atoms in total. The van der Waals surface area contributed by atoms with Crippen molar-refractivity contribution in [2.45, 2.75) is 37.6 Å². The van der Waals surface area contributed by atoms with Crippen LogP contribution in [0.25, 0.3) is 0 Å². The fraction of sp³-hybridized carbons (Fsp3) is 0.714. The summed E-state index contributed by atoms with van der Waals surface area (Å²) in [5.41, 5.74) is 2.68. The van der Waals surface area contributed by atoms with Gasteiger partial charge in [0.1, 0.15) is 17.5 Å². The summed E-state index contributed by atoms with van der Waals surface area (Å²) in [6.45, 7) is 2.14. The third kappa shape index (κ3) is 2.86. The van der Waals surface area contributed by atoms with Crippen molar-refractivity contribution >= 4 is 11.6 Å². The second-order valence-electron chi connectivity index (χ2n) is 6.14. The number of nitrogens with two attached hydrogens (primary N) is 1. The number of hydrogen-bond acceptors (Lipinski definition) is 6. The van der Waals surface area contributed by atoms with Crippen LogP contribution in [0.1, 0.15) is 37.4 Å². The minimum absolute atomic E-state index is 0.539. The van der Waals surface area contributed by atoms with E-state index in [1.165, 1.54) is 25.7 Å². The van der Waals surface area contributed by atoms with Crippen LogP contribution in [0.5, 0.6) is 0 Å². The van der Waals surface area contributed by atoms with Gasteiger partial charge in [0.2, 0.25) is 0 Å². The molecule has 20 heavy (non-hydrogen) atoms. The highest BCUT2D eigenvalue weighted by Crippen LogP contribution is 2.39. The van der Waals surface area contributed by atoms with Crippen LogP contribution in [-0.4, -0.2) is 48.1 Å². The number of anilines is 2. The summed E-state index contributed by atoms with van der Waals surface area (Å²) < 4.78 is 0. The first kappa shape index (κ1) is 13.6. The molecule has 1 aliphatic heterocycles. The van der Waals surface area contributed by atoms with E-state index in [2.05, 4.69) is 34.3 Å². The van der Waals surface area contributed by atoms with Gasteiger partial charge in [-0.05, 0) is 39.8 Å². The van der Waals surface area contributed by atoms with Crippen molar-refractivity contribution in [3.05, 3.63) is 11.9 Å². The van der Waals surface area contributed by atoms with Crippen molar-refractivity contribution in [2.24, 2.45) is 5.84 Å². The molecule has 0 radical (unpaired) electrons. The first-order chi connectivity index (χ1) is 9.67. The lowest BCUT2D eigenvalue weighted by molar-refractivity contribution is 0.371. The molecule has 1 atom stereocenters. The van der Waals surface area contributed by atoms with E-state index in [9.17, 15) is 0 Å². The van der Waals surface area contributed by atoms with Crippen LogP contribution in [0.2, 0.25) is 0 Å². The van der Waals surface area contributed by atoms with Crippen LogP contribution < -0.4 is 16.2 Å². The standard InChI is InChI=1S/C14H24N6/c1-19(2)9-11-4-3-7-20(11)13-8-12(18-15)16-14(17-13)10-5-6-10/h8,10-11H,3-7,9,15H2,1-2H3,(H,16,17,18).